The minimum absolute atomic E-state index is 0.0750. The molecule has 0 radical (unpaired) electrons. The zero-order valence-corrected chi connectivity index (χ0v) is 12.9. The number of ether oxygens (including phenoxy) is 1. The number of hydrogen-bond acceptors (Lipinski definition) is 5. The molecule has 0 atom stereocenters. The van der Waals surface area contributed by atoms with Gasteiger partial charge in [0.25, 0.3) is 10.0 Å². The number of halogens is 1. The van der Waals surface area contributed by atoms with E-state index in [2.05, 4.69) is 4.98 Å². The van der Waals surface area contributed by atoms with Gasteiger partial charge in [0.1, 0.15) is 0 Å². The number of pyridine rings is 1. The Labute approximate surface area is 123 Å². The van der Waals surface area contributed by atoms with Gasteiger partial charge in [0.05, 0.1) is 13.2 Å². The predicted molar refractivity (Wildman–Crippen MR) is 73.5 cm³/mol. The van der Waals surface area contributed by atoms with Crippen molar-refractivity contribution in [2.75, 3.05) is 40.9 Å². The SMILES string of the molecule is COCCN(CC(=O)N(C)C)S(=O)(=O)c1ncccc1F. The summed E-state index contributed by atoms with van der Waals surface area (Å²) < 4.78 is 44.2. The Morgan fingerprint density at radius 3 is 2.62 bits per heavy atom. The Kier molecular flexibility index (Phi) is 6.19. The van der Waals surface area contributed by atoms with E-state index in [1.165, 1.54) is 38.4 Å². The van der Waals surface area contributed by atoms with Crippen molar-refractivity contribution >= 4 is 15.9 Å². The Morgan fingerprint density at radius 2 is 2.10 bits per heavy atom. The molecule has 0 aromatic carbocycles. The highest BCUT2D eigenvalue weighted by molar-refractivity contribution is 7.89. The summed E-state index contributed by atoms with van der Waals surface area (Å²) in [6.45, 7) is -0.405. The van der Waals surface area contributed by atoms with Gasteiger partial charge < -0.3 is 9.64 Å². The Hall–Kier alpha value is -1.58. The van der Waals surface area contributed by atoms with Gasteiger partial charge in [-0.25, -0.2) is 17.8 Å². The first-order valence-electron chi connectivity index (χ1n) is 6.10. The fraction of sp³-hybridized carbons (Fsp3) is 0.500. The van der Waals surface area contributed by atoms with Crippen LogP contribution >= 0.6 is 0 Å². The Bertz CT molecular complexity index is 592. The molecule has 0 saturated carbocycles. The number of aromatic nitrogens is 1. The van der Waals surface area contributed by atoms with Crippen LogP contribution in [0, 0.1) is 5.82 Å². The molecule has 1 rings (SSSR count). The number of carbonyl (C=O) groups is 1. The lowest BCUT2D eigenvalue weighted by atomic mass is 10.5. The maximum Gasteiger partial charge on any atom is 0.264 e. The number of likely N-dealkylation sites (N-methyl/N-ethyl adjacent to an activating group) is 1. The maximum atomic E-state index is 13.7. The van der Waals surface area contributed by atoms with Crippen LogP contribution in [0.4, 0.5) is 4.39 Å². The third-order valence-corrected chi connectivity index (χ3v) is 4.44. The molecule has 7 nitrogen and oxygen atoms in total. The summed E-state index contributed by atoms with van der Waals surface area (Å²) in [5.74, 6) is -1.39. The smallest absolute Gasteiger partial charge is 0.264 e. The van der Waals surface area contributed by atoms with E-state index in [0.717, 1.165) is 10.4 Å². The molecule has 0 aliphatic carbocycles. The minimum Gasteiger partial charge on any atom is -0.383 e. The van der Waals surface area contributed by atoms with Crippen LogP contribution in [-0.2, 0) is 19.6 Å². The summed E-state index contributed by atoms with van der Waals surface area (Å²) in [7, 11) is 0.199. The molecular weight excluding hydrogens is 301 g/mol. The summed E-state index contributed by atoms with van der Waals surface area (Å²) in [5, 5.41) is -0.701. The molecule has 0 unspecified atom stereocenters. The van der Waals surface area contributed by atoms with Crippen molar-refractivity contribution in [2.45, 2.75) is 5.03 Å². The van der Waals surface area contributed by atoms with E-state index < -0.39 is 33.3 Å². The average molecular weight is 319 g/mol. The maximum absolute atomic E-state index is 13.7. The molecule has 1 aromatic rings. The van der Waals surface area contributed by atoms with E-state index in [4.69, 9.17) is 4.74 Å². The molecule has 0 spiro atoms. The van der Waals surface area contributed by atoms with Crippen molar-refractivity contribution in [3.8, 4) is 0 Å². The van der Waals surface area contributed by atoms with Crippen molar-refractivity contribution in [1.29, 1.82) is 0 Å². The van der Waals surface area contributed by atoms with E-state index in [-0.39, 0.29) is 13.2 Å². The summed E-state index contributed by atoms with van der Waals surface area (Å²) in [5.41, 5.74) is 0. The zero-order chi connectivity index (χ0) is 16.0. The molecule has 0 bridgehead atoms. The normalized spacial score (nSPS) is 11.7. The number of nitrogens with zero attached hydrogens (tertiary/aromatic N) is 3. The topological polar surface area (TPSA) is 79.8 Å². The third-order valence-electron chi connectivity index (χ3n) is 2.66. The van der Waals surface area contributed by atoms with E-state index in [9.17, 15) is 17.6 Å². The van der Waals surface area contributed by atoms with Crippen molar-refractivity contribution in [3.63, 3.8) is 0 Å². The quantitative estimate of drug-likeness (QED) is 0.704. The second-order valence-electron chi connectivity index (χ2n) is 4.41. The number of sulfonamides is 1. The zero-order valence-electron chi connectivity index (χ0n) is 12.1. The van der Waals surface area contributed by atoms with Gasteiger partial charge in [0, 0.05) is 33.9 Å². The fourth-order valence-corrected chi connectivity index (χ4v) is 2.80. The van der Waals surface area contributed by atoms with Crippen LogP contribution in [0.25, 0.3) is 0 Å². The van der Waals surface area contributed by atoms with Gasteiger partial charge in [-0.1, -0.05) is 0 Å². The highest BCUT2D eigenvalue weighted by atomic mass is 32.2. The van der Waals surface area contributed by atoms with E-state index in [1.807, 2.05) is 0 Å². The van der Waals surface area contributed by atoms with Crippen LogP contribution in [-0.4, -0.2) is 69.4 Å². The second kappa shape index (κ2) is 7.43. The Morgan fingerprint density at radius 1 is 1.43 bits per heavy atom. The van der Waals surface area contributed by atoms with Gasteiger partial charge in [0.15, 0.2) is 5.82 Å². The van der Waals surface area contributed by atoms with Crippen molar-refractivity contribution in [2.24, 2.45) is 0 Å². The molecule has 0 N–H and O–H groups in total. The van der Waals surface area contributed by atoms with Gasteiger partial charge in [-0.3, -0.25) is 4.79 Å². The van der Waals surface area contributed by atoms with Crippen molar-refractivity contribution in [3.05, 3.63) is 24.1 Å². The van der Waals surface area contributed by atoms with E-state index >= 15 is 0 Å². The third kappa shape index (κ3) is 4.45. The Balaban J connectivity index is 3.12. The molecule has 0 saturated heterocycles. The standard InChI is InChI=1S/C12H18FN3O4S/c1-15(2)11(17)9-16(7-8-20-3)21(18,19)12-10(13)5-4-6-14-12/h4-6H,7-9H2,1-3H3. The van der Waals surface area contributed by atoms with Gasteiger partial charge in [0.2, 0.25) is 10.9 Å². The minimum atomic E-state index is -4.21. The highest BCUT2D eigenvalue weighted by Gasteiger charge is 2.30. The summed E-state index contributed by atoms with van der Waals surface area (Å²) in [6.07, 6.45) is 1.18. The molecule has 1 heterocycles. The molecular formula is C12H18FN3O4S. The van der Waals surface area contributed by atoms with Crippen LogP contribution in [0.3, 0.4) is 0 Å². The van der Waals surface area contributed by atoms with Crippen LogP contribution in [0.5, 0.6) is 0 Å². The number of carbonyl (C=O) groups excluding carboxylic acids is 1. The molecule has 1 amide bonds. The summed E-state index contributed by atoms with van der Waals surface area (Å²) in [6, 6.07) is 2.29. The number of amides is 1. The van der Waals surface area contributed by atoms with Gasteiger partial charge in [-0.2, -0.15) is 4.31 Å². The monoisotopic (exact) mass is 319 g/mol. The second-order valence-corrected chi connectivity index (χ2v) is 6.26. The highest BCUT2D eigenvalue weighted by Crippen LogP contribution is 2.16. The number of methoxy groups -OCH3 is 1. The lowest BCUT2D eigenvalue weighted by Gasteiger charge is -2.22. The molecule has 0 fully saturated rings. The summed E-state index contributed by atoms with van der Waals surface area (Å²) in [4.78, 5) is 16.6. The number of rotatable bonds is 7. The first-order valence-corrected chi connectivity index (χ1v) is 7.54. The van der Waals surface area contributed by atoms with Crippen LogP contribution in [0.15, 0.2) is 23.4 Å². The van der Waals surface area contributed by atoms with E-state index in [0.29, 0.717) is 0 Å². The lowest BCUT2D eigenvalue weighted by Crippen LogP contribution is -2.42. The molecule has 9 heteroatoms. The first kappa shape index (κ1) is 17.5. The van der Waals surface area contributed by atoms with Gasteiger partial charge in [-0.05, 0) is 12.1 Å². The predicted octanol–water partition coefficient (Wildman–Crippen LogP) is -0.0540. The first-order chi connectivity index (χ1) is 9.80. The van der Waals surface area contributed by atoms with Crippen LogP contribution < -0.4 is 0 Å². The largest absolute Gasteiger partial charge is 0.383 e. The molecule has 0 aliphatic rings. The number of hydrogen-bond donors (Lipinski definition) is 0. The van der Waals surface area contributed by atoms with Gasteiger partial charge >= 0.3 is 0 Å². The fourth-order valence-electron chi connectivity index (χ4n) is 1.45. The average Bonchev–Trinajstić information content (AvgIpc) is 2.43. The van der Waals surface area contributed by atoms with Crippen molar-refractivity contribution < 1.29 is 22.3 Å². The van der Waals surface area contributed by atoms with Crippen molar-refractivity contribution in [1.82, 2.24) is 14.2 Å². The molecule has 118 valence electrons. The van der Waals surface area contributed by atoms with Gasteiger partial charge in [-0.15, -0.1) is 0 Å². The lowest BCUT2D eigenvalue weighted by molar-refractivity contribution is -0.128. The summed E-state index contributed by atoms with van der Waals surface area (Å²) >= 11 is 0. The molecule has 21 heavy (non-hydrogen) atoms. The molecule has 1 aromatic heterocycles. The van der Waals surface area contributed by atoms with Crippen LogP contribution in [0.2, 0.25) is 0 Å². The van der Waals surface area contributed by atoms with Crippen LogP contribution in [0.1, 0.15) is 0 Å². The molecule has 0 aliphatic heterocycles. The van der Waals surface area contributed by atoms with E-state index in [1.54, 1.807) is 0 Å².